The minimum atomic E-state index is 0.997. The Morgan fingerprint density at radius 1 is 1.14 bits per heavy atom. The predicted molar refractivity (Wildman–Crippen MR) is 64.4 cm³/mol. The van der Waals surface area contributed by atoms with E-state index >= 15 is 0 Å². The van der Waals surface area contributed by atoms with Gasteiger partial charge in [0.15, 0.2) is 0 Å². The van der Waals surface area contributed by atoms with E-state index < -0.39 is 0 Å². The molecular weight excluding hydrogens is 168 g/mol. The Kier molecular flexibility index (Phi) is 5.59. The van der Waals surface area contributed by atoms with Crippen LogP contribution in [0.4, 0.5) is 0 Å². The zero-order valence-electron chi connectivity index (χ0n) is 10.4. The van der Waals surface area contributed by atoms with E-state index in [-0.39, 0.29) is 0 Å². The Hall–Kier alpha value is 0. The Morgan fingerprint density at radius 3 is 2.57 bits per heavy atom. The fraction of sp³-hybridized carbons (Fsp3) is 1.00. The molecule has 0 aromatic carbocycles. The quantitative estimate of drug-likeness (QED) is 0.559. The lowest BCUT2D eigenvalue weighted by molar-refractivity contribution is 0.323. The van der Waals surface area contributed by atoms with Crippen molar-refractivity contribution in [3.8, 4) is 0 Å². The molecule has 1 saturated carbocycles. The Bertz CT molecular complexity index is 139. The molecule has 0 bridgehead atoms. The molecule has 0 heteroatoms. The first kappa shape index (κ1) is 12.1. The number of unbranched alkanes of at least 4 members (excludes halogenated alkanes) is 1. The Labute approximate surface area is 90.5 Å². The molecule has 0 nitrogen and oxygen atoms in total. The lowest BCUT2D eigenvalue weighted by atomic mass is 9.87. The standard InChI is InChI=1S/C14H28/c1-4-6-8-12(3)14-10-9-13(11-14)7-5-2/h12-14H,4-11H2,1-3H3/t12-,13?,14?/m1/s1. The second-order valence-electron chi connectivity index (χ2n) is 5.35. The average Bonchev–Trinajstić information content (AvgIpc) is 2.63. The van der Waals surface area contributed by atoms with Crippen LogP contribution >= 0.6 is 0 Å². The molecule has 1 fully saturated rings. The summed E-state index contributed by atoms with van der Waals surface area (Å²) >= 11 is 0. The van der Waals surface area contributed by atoms with E-state index in [2.05, 4.69) is 20.8 Å². The van der Waals surface area contributed by atoms with Crippen molar-refractivity contribution in [3.63, 3.8) is 0 Å². The van der Waals surface area contributed by atoms with Crippen molar-refractivity contribution in [1.82, 2.24) is 0 Å². The molecule has 3 atom stereocenters. The number of hydrogen-bond acceptors (Lipinski definition) is 0. The Balaban J connectivity index is 2.19. The first-order valence-corrected chi connectivity index (χ1v) is 6.77. The van der Waals surface area contributed by atoms with Gasteiger partial charge in [0.25, 0.3) is 0 Å². The summed E-state index contributed by atoms with van der Waals surface area (Å²) in [5.74, 6) is 3.14. The van der Waals surface area contributed by atoms with Gasteiger partial charge in [-0.2, -0.15) is 0 Å². The molecule has 0 spiro atoms. The lowest BCUT2D eigenvalue weighted by Crippen LogP contribution is -2.08. The summed E-state index contributed by atoms with van der Waals surface area (Å²) in [5, 5.41) is 0. The summed E-state index contributed by atoms with van der Waals surface area (Å²) in [6.07, 6.45) is 11.7. The van der Waals surface area contributed by atoms with Crippen molar-refractivity contribution in [2.45, 2.75) is 72.1 Å². The molecule has 2 unspecified atom stereocenters. The topological polar surface area (TPSA) is 0 Å². The molecule has 0 heterocycles. The zero-order valence-corrected chi connectivity index (χ0v) is 10.4. The highest BCUT2D eigenvalue weighted by Crippen LogP contribution is 2.39. The van der Waals surface area contributed by atoms with Gasteiger partial charge in [-0.25, -0.2) is 0 Å². The minimum absolute atomic E-state index is 0.997. The van der Waals surface area contributed by atoms with Gasteiger partial charge in [0.2, 0.25) is 0 Å². The molecule has 14 heavy (non-hydrogen) atoms. The molecule has 0 radical (unpaired) electrons. The van der Waals surface area contributed by atoms with Crippen molar-refractivity contribution in [1.29, 1.82) is 0 Å². The van der Waals surface area contributed by atoms with Crippen molar-refractivity contribution >= 4 is 0 Å². The monoisotopic (exact) mass is 196 g/mol. The minimum Gasteiger partial charge on any atom is -0.0654 e. The largest absolute Gasteiger partial charge is 0.0654 e. The highest BCUT2D eigenvalue weighted by molar-refractivity contribution is 4.78. The summed E-state index contributed by atoms with van der Waals surface area (Å²) < 4.78 is 0. The van der Waals surface area contributed by atoms with Crippen LogP contribution in [0.5, 0.6) is 0 Å². The van der Waals surface area contributed by atoms with Gasteiger partial charge in [0, 0.05) is 0 Å². The first-order chi connectivity index (χ1) is 6.77. The van der Waals surface area contributed by atoms with Crippen LogP contribution in [0.3, 0.4) is 0 Å². The fourth-order valence-corrected chi connectivity index (χ4v) is 3.06. The molecule has 0 aromatic rings. The van der Waals surface area contributed by atoms with Gasteiger partial charge in [-0.05, 0) is 30.6 Å². The van der Waals surface area contributed by atoms with Crippen LogP contribution in [0.2, 0.25) is 0 Å². The first-order valence-electron chi connectivity index (χ1n) is 6.77. The summed E-state index contributed by atoms with van der Waals surface area (Å²) in [6, 6.07) is 0. The average molecular weight is 196 g/mol. The summed E-state index contributed by atoms with van der Waals surface area (Å²) in [5.41, 5.74) is 0. The maximum atomic E-state index is 2.48. The summed E-state index contributed by atoms with van der Waals surface area (Å²) in [6.45, 7) is 7.11. The van der Waals surface area contributed by atoms with Crippen LogP contribution in [0.1, 0.15) is 72.1 Å². The van der Waals surface area contributed by atoms with Crippen LogP contribution in [0.25, 0.3) is 0 Å². The highest BCUT2D eigenvalue weighted by Gasteiger charge is 2.27. The van der Waals surface area contributed by atoms with Gasteiger partial charge in [0.1, 0.15) is 0 Å². The third-order valence-electron chi connectivity index (χ3n) is 4.10. The predicted octanol–water partition coefficient (Wildman–Crippen LogP) is 5.03. The summed E-state index contributed by atoms with van der Waals surface area (Å²) in [7, 11) is 0. The maximum absolute atomic E-state index is 2.48. The van der Waals surface area contributed by atoms with Crippen LogP contribution in [-0.2, 0) is 0 Å². The van der Waals surface area contributed by atoms with Gasteiger partial charge >= 0.3 is 0 Å². The molecule has 1 rings (SSSR count). The van der Waals surface area contributed by atoms with Gasteiger partial charge in [0.05, 0.1) is 0 Å². The van der Waals surface area contributed by atoms with E-state index in [1.54, 1.807) is 6.42 Å². The van der Waals surface area contributed by atoms with Gasteiger partial charge < -0.3 is 0 Å². The maximum Gasteiger partial charge on any atom is -0.0386 e. The van der Waals surface area contributed by atoms with Crippen molar-refractivity contribution < 1.29 is 0 Å². The molecular formula is C14H28. The second-order valence-corrected chi connectivity index (χ2v) is 5.35. The SMILES string of the molecule is CCCC[C@@H](C)C1CCC(CCC)C1. The second kappa shape index (κ2) is 6.48. The normalized spacial score (nSPS) is 29.4. The molecule has 0 aromatic heterocycles. The molecule has 0 aliphatic heterocycles. The van der Waals surface area contributed by atoms with Crippen LogP contribution in [0.15, 0.2) is 0 Å². The third kappa shape index (κ3) is 3.63. The van der Waals surface area contributed by atoms with E-state index in [1.165, 1.54) is 44.9 Å². The molecule has 84 valence electrons. The van der Waals surface area contributed by atoms with E-state index in [0.29, 0.717) is 0 Å². The van der Waals surface area contributed by atoms with Crippen molar-refractivity contribution in [2.24, 2.45) is 17.8 Å². The number of rotatable bonds is 6. The molecule has 0 N–H and O–H groups in total. The van der Waals surface area contributed by atoms with E-state index in [1.807, 2.05) is 0 Å². The van der Waals surface area contributed by atoms with E-state index in [9.17, 15) is 0 Å². The van der Waals surface area contributed by atoms with Crippen molar-refractivity contribution in [3.05, 3.63) is 0 Å². The fourth-order valence-electron chi connectivity index (χ4n) is 3.06. The highest BCUT2D eigenvalue weighted by atomic mass is 14.3. The van der Waals surface area contributed by atoms with E-state index in [0.717, 1.165) is 17.8 Å². The molecule has 0 amide bonds. The molecule has 1 aliphatic rings. The van der Waals surface area contributed by atoms with Crippen LogP contribution in [0, 0.1) is 17.8 Å². The van der Waals surface area contributed by atoms with Gasteiger partial charge in [-0.3, -0.25) is 0 Å². The zero-order chi connectivity index (χ0) is 10.4. The Morgan fingerprint density at radius 2 is 1.93 bits per heavy atom. The van der Waals surface area contributed by atoms with Crippen molar-refractivity contribution in [2.75, 3.05) is 0 Å². The van der Waals surface area contributed by atoms with Crippen LogP contribution < -0.4 is 0 Å². The molecule has 0 saturated heterocycles. The lowest BCUT2D eigenvalue weighted by Gasteiger charge is -2.19. The molecule has 1 aliphatic carbocycles. The van der Waals surface area contributed by atoms with Crippen LogP contribution in [-0.4, -0.2) is 0 Å². The number of hydrogen-bond donors (Lipinski definition) is 0. The van der Waals surface area contributed by atoms with Gasteiger partial charge in [-0.15, -0.1) is 0 Å². The smallest absolute Gasteiger partial charge is 0.0386 e. The third-order valence-corrected chi connectivity index (χ3v) is 4.10. The van der Waals surface area contributed by atoms with E-state index in [4.69, 9.17) is 0 Å². The van der Waals surface area contributed by atoms with Gasteiger partial charge in [-0.1, -0.05) is 59.3 Å². The summed E-state index contributed by atoms with van der Waals surface area (Å²) in [4.78, 5) is 0.